The minimum Gasteiger partial charge on any atom is -0.484 e. The Labute approximate surface area is 188 Å². The number of benzene rings is 3. The van der Waals surface area contributed by atoms with Crippen molar-refractivity contribution in [1.29, 1.82) is 0 Å². The molecule has 0 aliphatic carbocycles. The maximum atomic E-state index is 13.5. The number of carbonyl (C=O) groups excluding carboxylic acids is 1. The fraction of sp³-hybridized carbons (Fsp3) is 0.208. The second-order valence-electron chi connectivity index (χ2n) is 7.39. The monoisotopic (exact) mass is 457 g/mol. The standard InChI is InChI=1S/C24H24ClNO4S/c1-16-8-11-21(12-9-16)31(28,29)26(23-7-5-6-17(2)19(23)4)24(27)15-30-20-10-13-22(25)18(3)14-20/h5-14H,15H2,1-4H3. The minimum atomic E-state index is -4.15. The van der Waals surface area contributed by atoms with Crippen LogP contribution in [-0.2, 0) is 14.8 Å². The molecule has 0 heterocycles. The van der Waals surface area contributed by atoms with E-state index in [-0.39, 0.29) is 4.90 Å². The van der Waals surface area contributed by atoms with Crippen LogP contribution >= 0.6 is 11.6 Å². The Bertz CT molecular complexity index is 1220. The lowest BCUT2D eigenvalue weighted by molar-refractivity contribution is -0.119. The van der Waals surface area contributed by atoms with Gasteiger partial charge >= 0.3 is 0 Å². The quantitative estimate of drug-likeness (QED) is 0.498. The smallest absolute Gasteiger partial charge is 0.278 e. The van der Waals surface area contributed by atoms with Gasteiger partial charge in [-0.2, -0.15) is 4.31 Å². The van der Waals surface area contributed by atoms with Crippen molar-refractivity contribution in [3.05, 3.63) is 87.9 Å². The first-order valence-corrected chi connectivity index (χ1v) is 11.5. The molecule has 3 aromatic carbocycles. The van der Waals surface area contributed by atoms with Crippen molar-refractivity contribution >= 4 is 33.2 Å². The van der Waals surface area contributed by atoms with Crippen LogP contribution in [0.25, 0.3) is 0 Å². The minimum absolute atomic E-state index is 0.0368. The van der Waals surface area contributed by atoms with Gasteiger partial charge in [-0.05, 0) is 80.8 Å². The molecule has 0 aliphatic rings. The van der Waals surface area contributed by atoms with Crippen LogP contribution in [0.2, 0.25) is 5.02 Å². The highest BCUT2D eigenvalue weighted by atomic mass is 35.5. The maximum Gasteiger partial charge on any atom is 0.278 e. The molecular formula is C24H24ClNO4S. The molecular weight excluding hydrogens is 434 g/mol. The van der Waals surface area contributed by atoms with E-state index in [0.29, 0.717) is 22.0 Å². The van der Waals surface area contributed by atoms with Crippen molar-refractivity contribution in [3.8, 4) is 5.75 Å². The fourth-order valence-corrected chi connectivity index (χ4v) is 4.67. The molecule has 0 fully saturated rings. The summed E-state index contributed by atoms with van der Waals surface area (Å²) in [6.45, 7) is 6.90. The lowest BCUT2D eigenvalue weighted by Crippen LogP contribution is -2.40. The summed E-state index contributed by atoms with van der Waals surface area (Å²) in [5, 5.41) is 0.581. The predicted octanol–water partition coefficient (Wildman–Crippen LogP) is 5.37. The van der Waals surface area contributed by atoms with Gasteiger partial charge in [-0.3, -0.25) is 4.79 Å². The molecule has 0 unspecified atom stereocenters. The highest BCUT2D eigenvalue weighted by molar-refractivity contribution is 7.93. The molecule has 0 N–H and O–H groups in total. The van der Waals surface area contributed by atoms with E-state index < -0.39 is 22.5 Å². The second kappa shape index (κ2) is 9.12. The van der Waals surface area contributed by atoms with Crippen LogP contribution in [-0.4, -0.2) is 20.9 Å². The molecule has 0 saturated heterocycles. The molecule has 7 heteroatoms. The Morgan fingerprint density at radius 3 is 2.26 bits per heavy atom. The number of hydrogen-bond donors (Lipinski definition) is 0. The fourth-order valence-electron chi connectivity index (χ4n) is 3.08. The maximum absolute atomic E-state index is 13.5. The van der Waals surface area contributed by atoms with Crippen LogP contribution in [0.5, 0.6) is 5.75 Å². The van der Waals surface area contributed by atoms with Crippen molar-refractivity contribution in [2.45, 2.75) is 32.6 Å². The second-order valence-corrected chi connectivity index (χ2v) is 9.59. The summed E-state index contributed by atoms with van der Waals surface area (Å²) in [5.41, 5.74) is 3.61. The number of hydrogen-bond acceptors (Lipinski definition) is 4. The van der Waals surface area contributed by atoms with Crippen LogP contribution in [0.15, 0.2) is 65.6 Å². The summed E-state index contributed by atoms with van der Waals surface area (Å²) < 4.78 is 33.4. The van der Waals surface area contributed by atoms with Gasteiger partial charge in [0.1, 0.15) is 5.75 Å². The normalized spacial score (nSPS) is 11.3. The van der Waals surface area contributed by atoms with E-state index in [0.717, 1.165) is 21.0 Å². The summed E-state index contributed by atoms with van der Waals surface area (Å²) in [4.78, 5) is 13.3. The Morgan fingerprint density at radius 1 is 0.935 bits per heavy atom. The molecule has 5 nitrogen and oxygen atoms in total. The van der Waals surface area contributed by atoms with E-state index in [1.807, 2.05) is 26.8 Å². The SMILES string of the molecule is Cc1ccc(S(=O)(=O)N(C(=O)COc2ccc(Cl)c(C)c2)c2cccc(C)c2C)cc1. The van der Waals surface area contributed by atoms with E-state index >= 15 is 0 Å². The first-order valence-electron chi connectivity index (χ1n) is 9.71. The summed E-state index contributed by atoms with van der Waals surface area (Å²) >= 11 is 6.03. The van der Waals surface area contributed by atoms with Gasteiger partial charge in [-0.1, -0.05) is 41.4 Å². The lowest BCUT2D eigenvalue weighted by atomic mass is 10.1. The molecule has 0 spiro atoms. The average molecular weight is 458 g/mol. The topological polar surface area (TPSA) is 63.7 Å². The van der Waals surface area contributed by atoms with Gasteiger partial charge in [-0.25, -0.2) is 8.42 Å². The van der Waals surface area contributed by atoms with Crippen molar-refractivity contribution in [2.75, 3.05) is 10.9 Å². The number of nitrogens with zero attached hydrogens (tertiary/aromatic N) is 1. The number of rotatable bonds is 6. The molecule has 3 rings (SSSR count). The van der Waals surface area contributed by atoms with Crippen molar-refractivity contribution in [2.24, 2.45) is 0 Å². The molecule has 162 valence electrons. The average Bonchev–Trinajstić information content (AvgIpc) is 2.72. The van der Waals surface area contributed by atoms with E-state index in [1.54, 1.807) is 49.4 Å². The largest absolute Gasteiger partial charge is 0.484 e. The Morgan fingerprint density at radius 2 is 1.61 bits per heavy atom. The molecule has 1 amide bonds. The third-order valence-corrected chi connectivity index (χ3v) is 7.25. The van der Waals surface area contributed by atoms with Gasteiger partial charge < -0.3 is 4.74 Å². The van der Waals surface area contributed by atoms with Crippen LogP contribution in [0, 0.1) is 27.7 Å². The molecule has 31 heavy (non-hydrogen) atoms. The predicted molar refractivity (Wildman–Crippen MR) is 123 cm³/mol. The Kier molecular flexibility index (Phi) is 6.72. The molecule has 0 atom stereocenters. The van der Waals surface area contributed by atoms with Gasteiger partial charge in [0.25, 0.3) is 15.9 Å². The zero-order chi connectivity index (χ0) is 22.8. The molecule has 3 aromatic rings. The third-order valence-electron chi connectivity index (χ3n) is 5.07. The number of amides is 1. The third kappa shape index (κ3) is 4.92. The van der Waals surface area contributed by atoms with Gasteiger partial charge in [0, 0.05) is 5.02 Å². The molecule has 0 bridgehead atoms. The van der Waals surface area contributed by atoms with E-state index in [1.165, 1.54) is 12.1 Å². The Hall–Kier alpha value is -2.83. The van der Waals surface area contributed by atoms with Crippen LogP contribution in [0.3, 0.4) is 0 Å². The van der Waals surface area contributed by atoms with Gasteiger partial charge in [0.2, 0.25) is 0 Å². The molecule has 0 saturated carbocycles. The number of carbonyl (C=O) groups is 1. The van der Waals surface area contributed by atoms with Gasteiger partial charge in [0.15, 0.2) is 6.61 Å². The van der Waals surface area contributed by atoms with Gasteiger partial charge in [0.05, 0.1) is 10.6 Å². The van der Waals surface area contributed by atoms with Crippen molar-refractivity contribution in [1.82, 2.24) is 0 Å². The van der Waals surface area contributed by atoms with Crippen LogP contribution in [0.4, 0.5) is 5.69 Å². The summed E-state index contributed by atoms with van der Waals surface area (Å²) in [7, 11) is -4.15. The number of anilines is 1. The summed E-state index contributed by atoms with van der Waals surface area (Å²) in [6, 6.07) is 16.6. The zero-order valence-corrected chi connectivity index (χ0v) is 19.4. The highest BCUT2D eigenvalue weighted by Crippen LogP contribution is 2.29. The lowest BCUT2D eigenvalue weighted by Gasteiger charge is -2.25. The van der Waals surface area contributed by atoms with Crippen LogP contribution in [0.1, 0.15) is 22.3 Å². The molecule has 0 aliphatic heterocycles. The molecule has 0 radical (unpaired) electrons. The summed E-state index contributed by atoms with van der Waals surface area (Å²) in [6.07, 6.45) is 0. The first-order chi connectivity index (χ1) is 14.6. The van der Waals surface area contributed by atoms with E-state index in [2.05, 4.69) is 0 Å². The number of sulfonamides is 1. The number of aryl methyl sites for hydroxylation is 3. The highest BCUT2D eigenvalue weighted by Gasteiger charge is 2.32. The summed E-state index contributed by atoms with van der Waals surface area (Å²) in [5.74, 6) is -0.259. The zero-order valence-electron chi connectivity index (χ0n) is 17.8. The number of halogens is 1. The van der Waals surface area contributed by atoms with Crippen LogP contribution < -0.4 is 9.04 Å². The molecule has 0 aromatic heterocycles. The van der Waals surface area contributed by atoms with Crippen molar-refractivity contribution in [3.63, 3.8) is 0 Å². The Balaban J connectivity index is 2.01. The van der Waals surface area contributed by atoms with Gasteiger partial charge in [-0.15, -0.1) is 0 Å². The first kappa shape index (κ1) is 22.8. The van der Waals surface area contributed by atoms with E-state index in [9.17, 15) is 13.2 Å². The van der Waals surface area contributed by atoms with E-state index in [4.69, 9.17) is 16.3 Å². The number of ether oxygens (including phenoxy) is 1. The van der Waals surface area contributed by atoms with Crippen molar-refractivity contribution < 1.29 is 17.9 Å².